The van der Waals surface area contributed by atoms with Gasteiger partial charge < -0.3 is 14.4 Å². The van der Waals surface area contributed by atoms with Crippen molar-refractivity contribution in [1.29, 1.82) is 0 Å². The normalized spacial score (nSPS) is 15.8. The van der Waals surface area contributed by atoms with Gasteiger partial charge in [0.1, 0.15) is 25.4 Å². The third-order valence-electron chi connectivity index (χ3n) is 5.36. The third-order valence-corrected chi connectivity index (χ3v) is 5.36. The second-order valence-electron chi connectivity index (χ2n) is 7.27. The Morgan fingerprint density at radius 3 is 2.36 bits per heavy atom. The fourth-order valence-corrected chi connectivity index (χ4v) is 3.83. The highest BCUT2D eigenvalue weighted by Crippen LogP contribution is 2.29. The quantitative estimate of drug-likeness (QED) is 0.611. The molecule has 144 valence electrons. The first kappa shape index (κ1) is 18.7. The summed E-state index contributed by atoms with van der Waals surface area (Å²) in [6.45, 7) is 5.33. The number of para-hydroxylation sites is 1. The fourth-order valence-electron chi connectivity index (χ4n) is 3.83. The van der Waals surface area contributed by atoms with Crippen molar-refractivity contribution < 1.29 is 14.4 Å². The van der Waals surface area contributed by atoms with Crippen LogP contribution in [0.25, 0.3) is 11.1 Å². The average Bonchev–Trinajstić information content (AvgIpc) is 2.77. The van der Waals surface area contributed by atoms with Gasteiger partial charge in [0.25, 0.3) is 0 Å². The smallest absolute Gasteiger partial charge is 0.127 e. The molecule has 0 amide bonds. The molecule has 1 atom stereocenters. The molecule has 0 aliphatic carbocycles. The lowest BCUT2D eigenvalue weighted by Gasteiger charge is -2.25. The Hall–Kier alpha value is -2.62. The Labute approximate surface area is 167 Å². The molecule has 0 radical (unpaired) electrons. The van der Waals surface area contributed by atoms with Gasteiger partial charge in [0, 0.05) is 17.5 Å². The molecule has 1 N–H and O–H groups in total. The molecule has 28 heavy (non-hydrogen) atoms. The Balaban J connectivity index is 1.19. The van der Waals surface area contributed by atoms with E-state index < -0.39 is 0 Å². The molecule has 1 aliphatic rings. The van der Waals surface area contributed by atoms with Gasteiger partial charge in [0.05, 0.1) is 19.8 Å². The topological polar surface area (TPSA) is 22.9 Å². The lowest BCUT2D eigenvalue weighted by molar-refractivity contribution is -0.916. The molecule has 3 nitrogen and oxygen atoms in total. The number of hydrogen-bond acceptors (Lipinski definition) is 2. The minimum Gasteiger partial charge on any atom is -0.491 e. The Morgan fingerprint density at radius 2 is 1.46 bits per heavy atom. The maximum absolute atomic E-state index is 6.00. The van der Waals surface area contributed by atoms with Crippen molar-refractivity contribution in [3.8, 4) is 16.9 Å². The molecule has 0 aromatic heterocycles. The van der Waals surface area contributed by atoms with E-state index in [-0.39, 0.29) is 0 Å². The highest BCUT2D eigenvalue weighted by Gasteiger charge is 2.18. The molecule has 0 bridgehead atoms. The van der Waals surface area contributed by atoms with Gasteiger partial charge in [-0.05, 0) is 17.2 Å². The van der Waals surface area contributed by atoms with E-state index in [0.29, 0.717) is 13.2 Å². The van der Waals surface area contributed by atoms with Gasteiger partial charge in [0.15, 0.2) is 0 Å². The van der Waals surface area contributed by atoms with Crippen molar-refractivity contribution in [3.05, 3.63) is 90.0 Å². The van der Waals surface area contributed by atoms with Crippen molar-refractivity contribution in [1.82, 2.24) is 0 Å². The largest absolute Gasteiger partial charge is 0.491 e. The zero-order valence-corrected chi connectivity index (χ0v) is 16.3. The van der Waals surface area contributed by atoms with Crippen LogP contribution in [0.2, 0.25) is 0 Å². The molecule has 0 saturated carbocycles. The first-order chi connectivity index (χ1) is 13.9. The van der Waals surface area contributed by atoms with Crippen molar-refractivity contribution in [2.45, 2.75) is 13.0 Å². The van der Waals surface area contributed by atoms with Crippen LogP contribution in [0, 0.1) is 0 Å². The predicted molar refractivity (Wildman–Crippen MR) is 113 cm³/mol. The van der Waals surface area contributed by atoms with E-state index in [1.54, 1.807) is 4.90 Å². The van der Waals surface area contributed by atoms with Gasteiger partial charge in [-0.3, -0.25) is 0 Å². The zero-order chi connectivity index (χ0) is 19.0. The Bertz CT molecular complexity index is 878. The number of fused-ring (bicyclic) bond motifs is 1. The maximum Gasteiger partial charge on any atom is 0.127 e. The van der Waals surface area contributed by atoms with Crippen LogP contribution >= 0.6 is 0 Å². The molecule has 1 heterocycles. The van der Waals surface area contributed by atoms with Gasteiger partial charge in [-0.1, -0.05) is 72.8 Å². The van der Waals surface area contributed by atoms with Gasteiger partial charge in [-0.25, -0.2) is 0 Å². The number of benzene rings is 3. The van der Waals surface area contributed by atoms with Crippen molar-refractivity contribution in [2.75, 3.05) is 32.9 Å². The van der Waals surface area contributed by atoms with Crippen LogP contribution in [-0.4, -0.2) is 32.9 Å². The van der Waals surface area contributed by atoms with E-state index in [1.165, 1.54) is 29.7 Å². The lowest BCUT2D eigenvalue weighted by atomic mass is 10.0. The molecule has 1 unspecified atom stereocenters. The predicted octanol–water partition coefficient (Wildman–Crippen LogP) is 3.39. The van der Waals surface area contributed by atoms with E-state index in [0.717, 1.165) is 31.0 Å². The summed E-state index contributed by atoms with van der Waals surface area (Å²) in [5, 5.41) is 0. The fraction of sp³-hybridized carbons (Fsp3) is 0.280. The zero-order valence-electron chi connectivity index (χ0n) is 16.3. The molecule has 3 aromatic carbocycles. The van der Waals surface area contributed by atoms with Crippen LogP contribution in [0.5, 0.6) is 5.75 Å². The molecule has 0 saturated heterocycles. The van der Waals surface area contributed by atoms with E-state index in [1.807, 2.05) is 24.3 Å². The molecule has 0 fully saturated rings. The number of rotatable bonds is 8. The summed E-state index contributed by atoms with van der Waals surface area (Å²) in [5.74, 6) is 0.913. The molecule has 1 aliphatic heterocycles. The summed E-state index contributed by atoms with van der Waals surface area (Å²) in [5.41, 5.74) is 5.30. The second-order valence-corrected chi connectivity index (χ2v) is 7.27. The first-order valence-corrected chi connectivity index (χ1v) is 10.2. The van der Waals surface area contributed by atoms with E-state index in [9.17, 15) is 0 Å². The maximum atomic E-state index is 6.00. The van der Waals surface area contributed by atoms with Crippen LogP contribution in [0.15, 0.2) is 78.9 Å². The van der Waals surface area contributed by atoms with Crippen LogP contribution in [0.1, 0.15) is 11.1 Å². The van der Waals surface area contributed by atoms with Crippen molar-refractivity contribution >= 4 is 0 Å². The summed E-state index contributed by atoms with van der Waals surface area (Å²) in [7, 11) is 0. The number of ether oxygens (including phenoxy) is 2. The Morgan fingerprint density at radius 1 is 0.714 bits per heavy atom. The summed E-state index contributed by atoms with van der Waals surface area (Å²) in [6.07, 6.45) is 1.17. The molecule has 3 heteroatoms. The minimum absolute atomic E-state index is 0.571. The molecular weight excluding hydrogens is 346 g/mol. The van der Waals surface area contributed by atoms with Crippen LogP contribution in [0.3, 0.4) is 0 Å². The van der Waals surface area contributed by atoms with Crippen molar-refractivity contribution in [3.63, 3.8) is 0 Å². The van der Waals surface area contributed by atoms with Crippen LogP contribution in [-0.2, 0) is 17.7 Å². The molecule has 3 aromatic rings. The third kappa shape index (κ3) is 4.80. The summed E-state index contributed by atoms with van der Waals surface area (Å²) >= 11 is 0. The van der Waals surface area contributed by atoms with Crippen LogP contribution in [0.4, 0.5) is 0 Å². The minimum atomic E-state index is 0.571. The van der Waals surface area contributed by atoms with E-state index in [4.69, 9.17) is 9.47 Å². The second kappa shape index (κ2) is 9.54. The molecule has 4 rings (SSSR count). The highest BCUT2D eigenvalue weighted by molar-refractivity contribution is 5.70. The first-order valence-electron chi connectivity index (χ1n) is 10.2. The van der Waals surface area contributed by atoms with Gasteiger partial charge in [-0.2, -0.15) is 0 Å². The summed E-state index contributed by atoms with van der Waals surface area (Å²) in [4.78, 5) is 1.61. The Kier molecular flexibility index (Phi) is 6.38. The standard InChI is InChI=1S/C25H27NO2/c1-2-9-22(10-3-1)24-12-6-7-13-25(24)28-19-18-27-17-16-26-15-14-21-8-4-5-11-23(21)20-26/h1-13H,14-20H2/p+1. The van der Waals surface area contributed by atoms with Gasteiger partial charge in [0.2, 0.25) is 0 Å². The van der Waals surface area contributed by atoms with Crippen molar-refractivity contribution in [2.24, 2.45) is 0 Å². The molecule has 0 spiro atoms. The number of quaternary nitrogens is 1. The average molecular weight is 375 g/mol. The van der Waals surface area contributed by atoms with Crippen LogP contribution < -0.4 is 9.64 Å². The van der Waals surface area contributed by atoms with E-state index in [2.05, 4.69) is 54.6 Å². The van der Waals surface area contributed by atoms with Gasteiger partial charge in [-0.15, -0.1) is 0 Å². The lowest BCUT2D eigenvalue weighted by Crippen LogP contribution is -3.12. The highest BCUT2D eigenvalue weighted by atomic mass is 16.5. The SMILES string of the molecule is c1ccc(-c2ccccc2OCCOCC[NH+]2CCc3ccccc3C2)cc1. The number of nitrogens with one attached hydrogen (secondary N) is 1. The monoisotopic (exact) mass is 374 g/mol. The summed E-state index contributed by atoms with van der Waals surface area (Å²) in [6, 6.07) is 27.3. The summed E-state index contributed by atoms with van der Waals surface area (Å²) < 4.78 is 11.8. The van der Waals surface area contributed by atoms with E-state index >= 15 is 0 Å². The molecular formula is C25H28NO2+. The van der Waals surface area contributed by atoms with Gasteiger partial charge >= 0.3 is 0 Å². The number of hydrogen-bond donors (Lipinski definition) is 1.